The average Bonchev–Trinajstić information content (AvgIpc) is 3.09. The molecule has 0 radical (unpaired) electrons. The number of rotatable bonds is 5. The van der Waals surface area contributed by atoms with Gasteiger partial charge >= 0.3 is 6.18 Å². The van der Waals surface area contributed by atoms with Crippen LogP contribution in [0.2, 0.25) is 0 Å². The minimum absolute atomic E-state index is 0.369. The highest BCUT2D eigenvalue weighted by atomic mass is 32.2. The first kappa shape index (κ1) is 19.2. The smallest absolute Gasteiger partial charge is 0.380 e. The maximum atomic E-state index is 13.9. The Kier molecular flexibility index (Phi) is 5.10. The predicted octanol–water partition coefficient (Wildman–Crippen LogP) is 5.51. The zero-order valence-corrected chi connectivity index (χ0v) is 15.6. The van der Waals surface area contributed by atoms with Crippen LogP contribution in [0, 0.1) is 5.41 Å². The zero-order valence-electron chi connectivity index (χ0n) is 14.8. The van der Waals surface area contributed by atoms with E-state index in [0.29, 0.717) is 16.5 Å². The molecule has 6 heteroatoms. The van der Waals surface area contributed by atoms with Gasteiger partial charge in [0.1, 0.15) is 0 Å². The standard InChI is InChI=1S/C20H22F3NOS/c1-18(2,15-8-10-26-12-15)13-19(25,20(21,22)23)11-14-7-9-24-17-6-4-3-5-16(14)17/h3-7,9,12,25H,8,10-11,13H2,1-2H3. The van der Waals surface area contributed by atoms with Crippen molar-refractivity contribution in [1.82, 2.24) is 4.98 Å². The number of pyridine rings is 1. The number of allylic oxidation sites excluding steroid dienone is 1. The number of benzene rings is 1. The molecule has 1 aliphatic rings. The summed E-state index contributed by atoms with van der Waals surface area (Å²) in [7, 11) is 0. The number of hydrogen-bond acceptors (Lipinski definition) is 3. The molecule has 1 N–H and O–H groups in total. The van der Waals surface area contributed by atoms with Crippen molar-refractivity contribution in [3.63, 3.8) is 0 Å². The third-order valence-corrected chi connectivity index (χ3v) is 5.96. The second-order valence-electron chi connectivity index (χ2n) is 7.52. The van der Waals surface area contributed by atoms with Crippen molar-refractivity contribution in [2.75, 3.05) is 5.75 Å². The Hall–Kier alpha value is -1.53. The molecule has 2 heterocycles. The highest BCUT2D eigenvalue weighted by molar-refractivity contribution is 8.02. The molecule has 1 unspecified atom stereocenters. The molecule has 0 aliphatic carbocycles. The van der Waals surface area contributed by atoms with Crippen molar-refractivity contribution < 1.29 is 18.3 Å². The lowest BCUT2D eigenvalue weighted by atomic mass is 9.72. The van der Waals surface area contributed by atoms with Gasteiger partial charge in [-0.15, -0.1) is 11.8 Å². The lowest BCUT2D eigenvalue weighted by molar-refractivity contribution is -0.268. The van der Waals surface area contributed by atoms with E-state index in [1.807, 2.05) is 5.41 Å². The van der Waals surface area contributed by atoms with Crippen LogP contribution in [-0.4, -0.2) is 27.6 Å². The van der Waals surface area contributed by atoms with Crippen molar-refractivity contribution in [3.05, 3.63) is 53.1 Å². The SMILES string of the molecule is CC(C)(CC(O)(Cc1ccnc2ccccc12)C(F)(F)F)C1=CSCC1. The number of alkyl halides is 3. The van der Waals surface area contributed by atoms with E-state index in [9.17, 15) is 18.3 Å². The van der Waals surface area contributed by atoms with Crippen molar-refractivity contribution in [1.29, 1.82) is 0 Å². The van der Waals surface area contributed by atoms with Crippen LogP contribution < -0.4 is 0 Å². The fourth-order valence-electron chi connectivity index (χ4n) is 3.62. The monoisotopic (exact) mass is 381 g/mol. The van der Waals surface area contributed by atoms with Gasteiger partial charge in [-0.2, -0.15) is 13.2 Å². The van der Waals surface area contributed by atoms with Gasteiger partial charge in [-0.25, -0.2) is 0 Å². The lowest BCUT2D eigenvalue weighted by Gasteiger charge is -2.38. The molecule has 0 bridgehead atoms. The van der Waals surface area contributed by atoms with Gasteiger partial charge in [-0.3, -0.25) is 4.98 Å². The summed E-state index contributed by atoms with van der Waals surface area (Å²) in [5.41, 5.74) is -1.46. The fraction of sp³-hybridized carbons (Fsp3) is 0.450. The van der Waals surface area contributed by atoms with Crippen molar-refractivity contribution in [2.24, 2.45) is 5.41 Å². The van der Waals surface area contributed by atoms with E-state index in [1.54, 1.807) is 55.9 Å². The van der Waals surface area contributed by atoms with Crippen LogP contribution in [0.15, 0.2) is 47.5 Å². The molecular weight excluding hydrogens is 359 g/mol. The van der Waals surface area contributed by atoms with E-state index in [4.69, 9.17) is 0 Å². The third kappa shape index (κ3) is 3.76. The molecule has 0 fully saturated rings. The summed E-state index contributed by atoms with van der Waals surface area (Å²) in [6.07, 6.45) is -3.31. The van der Waals surface area contributed by atoms with Gasteiger partial charge in [0.2, 0.25) is 0 Å². The van der Waals surface area contributed by atoms with Crippen LogP contribution in [0.5, 0.6) is 0 Å². The summed E-state index contributed by atoms with van der Waals surface area (Å²) in [4.78, 5) is 4.20. The number of nitrogens with zero attached hydrogens (tertiary/aromatic N) is 1. The second-order valence-corrected chi connectivity index (χ2v) is 8.50. The highest BCUT2D eigenvalue weighted by Gasteiger charge is 2.56. The molecule has 2 nitrogen and oxygen atoms in total. The molecule has 1 aliphatic heterocycles. The van der Waals surface area contributed by atoms with Crippen LogP contribution in [-0.2, 0) is 6.42 Å². The Bertz CT molecular complexity index is 826. The van der Waals surface area contributed by atoms with Gasteiger partial charge in [0, 0.05) is 23.8 Å². The Morgan fingerprint density at radius 1 is 1.15 bits per heavy atom. The van der Waals surface area contributed by atoms with E-state index < -0.39 is 23.6 Å². The number of thioether (sulfide) groups is 1. The number of aliphatic hydroxyl groups is 1. The Balaban J connectivity index is 1.97. The Morgan fingerprint density at radius 3 is 2.54 bits per heavy atom. The summed E-state index contributed by atoms with van der Waals surface area (Å²) in [6.45, 7) is 3.57. The Morgan fingerprint density at radius 2 is 1.88 bits per heavy atom. The maximum Gasteiger partial charge on any atom is 0.417 e. The van der Waals surface area contributed by atoms with Crippen LogP contribution in [0.25, 0.3) is 10.9 Å². The van der Waals surface area contributed by atoms with Crippen LogP contribution in [0.3, 0.4) is 0 Å². The maximum absolute atomic E-state index is 13.9. The largest absolute Gasteiger partial charge is 0.417 e. The summed E-state index contributed by atoms with van der Waals surface area (Å²) in [5, 5.41) is 13.4. The summed E-state index contributed by atoms with van der Waals surface area (Å²) >= 11 is 1.62. The van der Waals surface area contributed by atoms with Crippen LogP contribution in [0.4, 0.5) is 13.2 Å². The number of halogens is 3. The minimum atomic E-state index is -4.72. The normalized spacial score (nSPS) is 18.0. The summed E-state index contributed by atoms with van der Waals surface area (Å²) in [6, 6.07) is 8.63. The van der Waals surface area contributed by atoms with Gasteiger partial charge in [0.15, 0.2) is 5.60 Å². The van der Waals surface area contributed by atoms with Gasteiger partial charge in [-0.05, 0) is 41.4 Å². The van der Waals surface area contributed by atoms with E-state index in [0.717, 1.165) is 17.7 Å². The molecule has 1 aromatic heterocycles. The second kappa shape index (κ2) is 6.89. The zero-order chi connectivity index (χ0) is 19.0. The molecular formula is C20H22F3NOS. The first-order chi connectivity index (χ1) is 12.1. The molecule has 1 atom stereocenters. The van der Waals surface area contributed by atoms with Crippen LogP contribution in [0.1, 0.15) is 32.3 Å². The van der Waals surface area contributed by atoms with Crippen molar-refractivity contribution in [2.45, 2.75) is 44.9 Å². The lowest BCUT2D eigenvalue weighted by Crippen LogP contribution is -2.50. The first-order valence-corrected chi connectivity index (χ1v) is 9.60. The third-order valence-electron chi connectivity index (χ3n) is 5.07. The van der Waals surface area contributed by atoms with E-state index in [1.165, 1.54) is 6.20 Å². The minimum Gasteiger partial charge on any atom is -0.380 e. The molecule has 0 amide bonds. The number of fused-ring (bicyclic) bond motifs is 1. The van der Waals surface area contributed by atoms with Gasteiger partial charge < -0.3 is 5.11 Å². The first-order valence-electron chi connectivity index (χ1n) is 8.55. The number of aromatic nitrogens is 1. The van der Waals surface area contributed by atoms with E-state index in [-0.39, 0.29) is 6.42 Å². The molecule has 26 heavy (non-hydrogen) atoms. The summed E-state index contributed by atoms with van der Waals surface area (Å²) < 4.78 is 41.8. The van der Waals surface area contributed by atoms with Gasteiger partial charge in [-0.1, -0.05) is 37.6 Å². The van der Waals surface area contributed by atoms with Gasteiger partial charge in [0.05, 0.1) is 5.52 Å². The molecule has 0 saturated carbocycles. The molecule has 2 aromatic rings. The average molecular weight is 381 g/mol. The fourth-order valence-corrected chi connectivity index (χ4v) is 4.71. The highest BCUT2D eigenvalue weighted by Crippen LogP contribution is 2.47. The molecule has 1 aromatic carbocycles. The van der Waals surface area contributed by atoms with E-state index >= 15 is 0 Å². The van der Waals surface area contributed by atoms with Crippen molar-refractivity contribution >= 4 is 22.7 Å². The predicted molar refractivity (Wildman–Crippen MR) is 100 cm³/mol. The quantitative estimate of drug-likeness (QED) is 0.742. The molecule has 140 valence electrons. The summed E-state index contributed by atoms with van der Waals surface area (Å²) in [5.74, 6) is 0.887. The Labute approximate surface area is 155 Å². The number of para-hydroxylation sites is 1. The topological polar surface area (TPSA) is 33.1 Å². The van der Waals surface area contributed by atoms with Crippen molar-refractivity contribution in [3.8, 4) is 0 Å². The molecule has 0 spiro atoms. The molecule has 0 saturated heterocycles. The van der Waals surface area contributed by atoms with E-state index in [2.05, 4.69) is 4.98 Å². The van der Waals surface area contributed by atoms with Crippen LogP contribution >= 0.6 is 11.8 Å². The molecule has 3 rings (SSSR count). The van der Waals surface area contributed by atoms with Gasteiger partial charge in [0.25, 0.3) is 0 Å². The number of hydrogen-bond donors (Lipinski definition) is 1.